The number of fused-ring (bicyclic) bond motifs is 1. The van der Waals surface area contributed by atoms with Gasteiger partial charge in [-0.1, -0.05) is 30.4 Å². The summed E-state index contributed by atoms with van der Waals surface area (Å²) in [5, 5.41) is 4.51. The van der Waals surface area contributed by atoms with Crippen LogP contribution in [-0.4, -0.2) is 29.7 Å². The van der Waals surface area contributed by atoms with Crippen molar-refractivity contribution < 1.29 is 4.74 Å². The Bertz CT molecular complexity index is 615. The molecular formula is C15H19N3OS. The fraction of sp³-hybridized carbons (Fsp3) is 0.333. The van der Waals surface area contributed by atoms with Crippen molar-refractivity contribution in [3.8, 4) is 0 Å². The summed E-state index contributed by atoms with van der Waals surface area (Å²) in [4.78, 5) is 4.75. The van der Waals surface area contributed by atoms with Gasteiger partial charge < -0.3 is 15.8 Å². The molecule has 1 aromatic carbocycles. The molecule has 0 saturated carbocycles. The van der Waals surface area contributed by atoms with Crippen LogP contribution in [0.25, 0.3) is 10.9 Å². The van der Waals surface area contributed by atoms with E-state index in [0.717, 1.165) is 28.6 Å². The Labute approximate surface area is 124 Å². The van der Waals surface area contributed by atoms with Crippen molar-refractivity contribution in [2.24, 2.45) is 5.73 Å². The molecule has 1 unspecified atom stereocenters. The van der Waals surface area contributed by atoms with Crippen LogP contribution in [0.4, 0.5) is 5.69 Å². The minimum Gasteiger partial charge on any atom is -0.389 e. The van der Waals surface area contributed by atoms with Crippen LogP contribution in [-0.2, 0) is 4.74 Å². The highest BCUT2D eigenvalue weighted by molar-refractivity contribution is 7.80. The highest BCUT2D eigenvalue weighted by Crippen LogP contribution is 2.26. The van der Waals surface area contributed by atoms with Crippen LogP contribution in [0.1, 0.15) is 18.9 Å². The Morgan fingerprint density at radius 1 is 1.45 bits per heavy atom. The first-order chi connectivity index (χ1) is 9.63. The summed E-state index contributed by atoms with van der Waals surface area (Å²) < 4.78 is 5.11. The van der Waals surface area contributed by atoms with Gasteiger partial charge in [-0.15, -0.1) is 0 Å². The van der Waals surface area contributed by atoms with Crippen molar-refractivity contribution in [2.75, 3.05) is 19.0 Å². The smallest absolute Gasteiger partial charge is 0.107 e. The summed E-state index contributed by atoms with van der Waals surface area (Å²) in [6.45, 7) is 2.82. The number of hydrogen-bond donors (Lipinski definition) is 2. The Balaban J connectivity index is 2.41. The normalized spacial score (nSPS) is 12.3. The lowest BCUT2D eigenvalue weighted by atomic mass is 10.1. The van der Waals surface area contributed by atoms with Crippen molar-refractivity contribution in [3.63, 3.8) is 0 Å². The first kappa shape index (κ1) is 14.7. The maximum atomic E-state index is 5.81. The van der Waals surface area contributed by atoms with Crippen molar-refractivity contribution >= 4 is 33.8 Å². The van der Waals surface area contributed by atoms with E-state index in [1.165, 1.54) is 0 Å². The molecule has 0 fully saturated rings. The van der Waals surface area contributed by atoms with Crippen LogP contribution in [0, 0.1) is 0 Å². The number of aromatic nitrogens is 1. The molecular weight excluding hydrogens is 270 g/mol. The highest BCUT2D eigenvalue weighted by Gasteiger charge is 2.13. The zero-order valence-electron chi connectivity index (χ0n) is 11.7. The van der Waals surface area contributed by atoms with Crippen molar-refractivity contribution in [1.29, 1.82) is 0 Å². The van der Waals surface area contributed by atoms with Gasteiger partial charge in [0.2, 0.25) is 0 Å². The van der Waals surface area contributed by atoms with E-state index >= 15 is 0 Å². The predicted molar refractivity (Wildman–Crippen MR) is 87.2 cm³/mol. The number of nitrogens with zero attached hydrogens (tertiary/aromatic N) is 1. The molecule has 0 aliphatic heterocycles. The van der Waals surface area contributed by atoms with Crippen molar-refractivity contribution in [2.45, 2.75) is 19.4 Å². The van der Waals surface area contributed by atoms with E-state index in [4.69, 9.17) is 22.7 Å². The molecule has 2 aromatic rings. The van der Waals surface area contributed by atoms with E-state index in [2.05, 4.69) is 17.2 Å². The van der Waals surface area contributed by atoms with Crippen LogP contribution < -0.4 is 11.1 Å². The third kappa shape index (κ3) is 3.23. The van der Waals surface area contributed by atoms with Gasteiger partial charge in [0, 0.05) is 31.3 Å². The minimum atomic E-state index is 0.258. The number of nitrogens with one attached hydrogen (secondary N) is 1. The maximum absolute atomic E-state index is 5.81. The molecule has 0 radical (unpaired) electrons. The molecule has 3 N–H and O–H groups in total. The second kappa shape index (κ2) is 6.63. The number of para-hydroxylation sites is 1. The quantitative estimate of drug-likeness (QED) is 0.801. The van der Waals surface area contributed by atoms with Gasteiger partial charge in [-0.3, -0.25) is 4.98 Å². The van der Waals surface area contributed by atoms with E-state index in [1.54, 1.807) is 13.3 Å². The molecule has 2 rings (SSSR count). The largest absolute Gasteiger partial charge is 0.389 e. The van der Waals surface area contributed by atoms with Gasteiger partial charge in [0.05, 0.1) is 16.8 Å². The van der Waals surface area contributed by atoms with E-state index in [1.807, 2.05) is 24.3 Å². The SMILES string of the molecule is COCCC(C)Nc1c(C(N)=S)cnc2ccccc12. The molecule has 1 aromatic heterocycles. The number of nitrogens with two attached hydrogens (primary N) is 1. The first-order valence-electron chi connectivity index (χ1n) is 6.56. The number of ether oxygens (including phenoxy) is 1. The molecule has 0 amide bonds. The molecule has 1 atom stereocenters. The summed E-state index contributed by atoms with van der Waals surface area (Å²) in [7, 11) is 1.70. The number of hydrogen-bond acceptors (Lipinski definition) is 4. The molecule has 20 heavy (non-hydrogen) atoms. The molecule has 0 spiro atoms. The minimum absolute atomic E-state index is 0.258. The van der Waals surface area contributed by atoms with E-state index in [-0.39, 0.29) is 6.04 Å². The summed E-state index contributed by atoms with van der Waals surface area (Å²) in [5.74, 6) is 0. The maximum Gasteiger partial charge on any atom is 0.107 e. The Hall–Kier alpha value is -1.72. The molecule has 4 nitrogen and oxygen atoms in total. The number of benzene rings is 1. The molecule has 0 saturated heterocycles. The fourth-order valence-corrected chi connectivity index (χ4v) is 2.25. The number of pyridine rings is 1. The van der Waals surface area contributed by atoms with Gasteiger partial charge in [0.15, 0.2) is 0 Å². The monoisotopic (exact) mass is 289 g/mol. The lowest BCUT2D eigenvalue weighted by molar-refractivity contribution is 0.191. The summed E-state index contributed by atoms with van der Waals surface area (Å²) in [6, 6.07) is 8.21. The van der Waals surface area contributed by atoms with Crippen molar-refractivity contribution in [3.05, 3.63) is 36.0 Å². The van der Waals surface area contributed by atoms with E-state index in [9.17, 15) is 0 Å². The molecule has 0 aliphatic carbocycles. The van der Waals surface area contributed by atoms with Gasteiger partial charge in [0.25, 0.3) is 0 Å². The van der Waals surface area contributed by atoms with Crippen LogP contribution in [0.3, 0.4) is 0 Å². The lowest BCUT2D eigenvalue weighted by Crippen LogP contribution is -2.21. The van der Waals surface area contributed by atoms with Crippen molar-refractivity contribution in [1.82, 2.24) is 4.98 Å². The topological polar surface area (TPSA) is 60.2 Å². The average Bonchev–Trinajstić information content (AvgIpc) is 2.45. The van der Waals surface area contributed by atoms with Crippen LogP contribution in [0.15, 0.2) is 30.5 Å². The van der Waals surface area contributed by atoms with Gasteiger partial charge in [-0.05, 0) is 19.4 Å². The third-order valence-corrected chi connectivity index (χ3v) is 3.41. The first-order valence-corrected chi connectivity index (χ1v) is 6.97. The second-order valence-corrected chi connectivity index (χ2v) is 5.19. The Morgan fingerprint density at radius 2 is 2.20 bits per heavy atom. The zero-order chi connectivity index (χ0) is 14.5. The molecule has 0 bridgehead atoms. The zero-order valence-corrected chi connectivity index (χ0v) is 12.5. The molecule has 0 aliphatic rings. The van der Waals surface area contributed by atoms with Crippen LogP contribution >= 0.6 is 12.2 Å². The van der Waals surface area contributed by atoms with Gasteiger partial charge in [-0.25, -0.2) is 0 Å². The number of anilines is 1. The standard InChI is InChI=1S/C15H19N3OS/c1-10(7-8-19-2)18-14-11-5-3-4-6-13(11)17-9-12(14)15(16)20/h3-6,9-10H,7-8H2,1-2H3,(H2,16,20)(H,17,18). The average molecular weight is 289 g/mol. The summed E-state index contributed by atoms with van der Waals surface area (Å²) >= 11 is 5.13. The van der Waals surface area contributed by atoms with Crippen LogP contribution in [0.2, 0.25) is 0 Å². The van der Waals surface area contributed by atoms with E-state index < -0.39 is 0 Å². The van der Waals surface area contributed by atoms with Crippen LogP contribution in [0.5, 0.6) is 0 Å². The van der Waals surface area contributed by atoms with Gasteiger partial charge >= 0.3 is 0 Å². The Kier molecular flexibility index (Phi) is 4.87. The molecule has 106 valence electrons. The second-order valence-electron chi connectivity index (χ2n) is 4.76. The number of rotatable bonds is 6. The third-order valence-electron chi connectivity index (χ3n) is 3.19. The Morgan fingerprint density at radius 3 is 2.90 bits per heavy atom. The molecule has 1 heterocycles. The summed E-state index contributed by atoms with van der Waals surface area (Å²) in [6.07, 6.45) is 2.64. The number of thiocarbonyl (C=S) groups is 1. The van der Waals surface area contributed by atoms with Gasteiger partial charge in [0.1, 0.15) is 4.99 Å². The summed E-state index contributed by atoms with van der Waals surface area (Å²) in [5.41, 5.74) is 8.46. The molecule has 5 heteroatoms. The fourth-order valence-electron chi connectivity index (χ4n) is 2.10. The lowest BCUT2D eigenvalue weighted by Gasteiger charge is -2.19. The predicted octanol–water partition coefficient (Wildman–Crippen LogP) is 2.71. The highest BCUT2D eigenvalue weighted by atomic mass is 32.1. The van der Waals surface area contributed by atoms with Gasteiger partial charge in [-0.2, -0.15) is 0 Å². The number of methoxy groups -OCH3 is 1. The van der Waals surface area contributed by atoms with E-state index in [0.29, 0.717) is 11.6 Å².